The first kappa shape index (κ1) is 14.8. The van der Waals surface area contributed by atoms with E-state index in [9.17, 15) is 4.79 Å². The fourth-order valence-electron chi connectivity index (χ4n) is 3.64. The van der Waals surface area contributed by atoms with Crippen molar-refractivity contribution < 1.29 is 9.53 Å². The Balaban J connectivity index is 1.80. The van der Waals surface area contributed by atoms with Gasteiger partial charge in [0.1, 0.15) is 0 Å². The minimum atomic E-state index is 0.143. The van der Waals surface area contributed by atoms with Gasteiger partial charge in [0.15, 0.2) is 0 Å². The molecule has 0 bridgehead atoms. The molecule has 3 N–H and O–H groups in total. The lowest BCUT2D eigenvalue weighted by molar-refractivity contribution is -0.126. The molecule has 1 amide bonds. The van der Waals surface area contributed by atoms with E-state index in [0.717, 1.165) is 38.8 Å². The van der Waals surface area contributed by atoms with Gasteiger partial charge < -0.3 is 15.8 Å². The zero-order valence-electron chi connectivity index (χ0n) is 12.2. The fourth-order valence-corrected chi connectivity index (χ4v) is 3.64. The van der Waals surface area contributed by atoms with Crippen molar-refractivity contribution >= 4 is 5.91 Å². The van der Waals surface area contributed by atoms with E-state index in [1.807, 2.05) is 0 Å². The van der Waals surface area contributed by atoms with E-state index >= 15 is 0 Å². The summed E-state index contributed by atoms with van der Waals surface area (Å²) in [5.74, 6) is 1.74. The molecule has 2 aliphatic rings. The number of rotatable bonds is 5. The first-order chi connectivity index (χ1) is 9.13. The molecule has 2 fully saturated rings. The van der Waals surface area contributed by atoms with E-state index in [4.69, 9.17) is 10.5 Å². The quantitative estimate of drug-likeness (QED) is 0.795. The summed E-state index contributed by atoms with van der Waals surface area (Å²) in [5.41, 5.74) is 5.74. The van der Waals surface area contributed by atoms with Gasteiger partial charge in [-0.15, -0.1) is 0 Å². The summed E-state index contributed by atoms with van der Waals surface area (Å²) in [6.45, 7) is 6.60. The monoisotopic (exact) mass is 268 g/mol. The normalized spacial score (nSPS) is 34.9. The third-order valence-corrected chi connectivity index (χ3v) is 4.76. The minimum Gasteiger partial charge on any atom is -0.378 e. The van der Waals surface area contributed by atoms with Gasteiger partial charge in [0.25, 0.3) is 0 Å². The van der Waals surface area contributed by atoms with Crippen LogP contribution in [-0.2, 0) is 9.53 Å². The van der Waals surface area contributed by atoms with Crippen LogP contribution in [0.5, 0.6) is 0 Å². The van der Waals surface area contributed by atoms with Crippen molar-refractivity contribution in [3.63, 3.8) is 0 Å². The Morgan fingerprint density at radius 2 is 2.11 bits per heavy atom. The molecule has 0 aromatic heterocycles. The van der Waals surface area contributed by atoms with Crippen LogP contribution in [0.3, 0.4) is 0 Å². The highest BCUT2D eigenvalue weighted by molar-refractivity contribution is 5.79. The number of nitrogens with two attached hydrogens (primary N) is 1. The Hall–Kier alpha value is -0.610. The predicted molar refractivity (Wildman–Crippen MR) is 75.6 cm³/mol. The predicted octanol–water partition coefficient (Wildman–Crippen LogP) is 1.54. The van der Waals surface area contributed by atoms with Gasteiger partial charge in [0, 0.05) is 25.0 Å². The summed E-state index contributed by atoms with van der Waals surface area (Å²) in [6, 6.07) is 0. The lowest BCUT2D eigenvalue weighted by Crippen LogP contribution is -2.39. The third kappa shape index (κ3) is 3.48. The molecule has 1 heterocycles. The molecule has 1 aliphatic heterocycles. The molecule has 0 aromatic carbocycles. The van der Waals surface area contributed by atoms with E-state index in [-0.39, 0.29) is 11.8 Å². The van der Waals surface area contributed by atoms with Gasteiger partial charge >= 0.3 is 0 Å². The van der Waals surface area contributed by atoms with Gasteiger partial charge in [0.2, 0.25) is 5.91 Å². The van der Waals surface area contributed by atoms with Gasteiger partial charge in [-0.1, -0.05) is 20.3 Å². The summed E-state index contributed by atoms with van der Waals surface area (Å²) >= 11 is 0. The molecule has 4 atom stereocenters. The third-order valence-electron chi connectivity index (χ3n) is 4.76. The van der Waals surface area contributed by atoms with Gasteiger partial charge in [-0.3, -0.25) is 4.79 Å². The number of carbonyl (C=O) groups excluding carboxylic acids is 1. The van der Waals surface area contributed by atoms with Crippen LogP contribution in [0.25, 0.3) is 0 Å². The maximum absolute atomic E-state index is 12.2. The summed E-state index contributed by atoms with van der Waals surface area (Å²) in [4.78, 5) is 12.2. The van der Waals surface area contributed by atoms with Crippen molar-refractivity contribution in [1.82, 2.24) is 5.32 Å². The Morgan fingerprint density at radius 3 is 2.79 bits per heavy atom. The molecule has 1 aliphatic carbocycles. The average Bonchev–Trinajstić information content (AvgIpc) is 3.04. The van der Waals surface area contributed by atoms with E-state index < -0.39 is 0 Å². The maximum Gasteiger partial charge on any atom is 0.223 e. The number of hydrogen-bond donors (Lipinski definition) is 2. The van der Waals surface area contributed by atoms with Crippen molar-refractivity contribution in [2.45, 2.75) is 45.6 Å². The van der Waals surface area contributed by atoms with Crippen LogP contribution in [0.2, 0.25) is 0 Å². The topological polar surface area (TPSA) is 64.3 Å². The second-order valence-electron chi connectivity index (χ2n) is 6.41. The Bertz CT molecular complexity index is 307. The standard InChI is InChI=1S/C15H28N2O2/c1-10(2)14-12(6-7-19-14)9-17-15(18)13-5-3-4-11(13)8-16/h10-14H,3-9,16H2,1-2H3,(H,17,18)/t11-,12?,13-,14?/m1/s1. The molecule has 0 spiro atoms. The number of carbonyl (C=O) groups is 1. The van der Waals surface area contributed by atoms with Crippen LogP contribution < -0.4 is 11.1 Å². The van der Waals surface area contributed by atoms with Gasteiger partial charge in [-0.2, -0.15) is 0 Å². The van der Waals surface area contributed by atoms with Crippen LogP contribution >= 0.6 is 0 Å². The molecule has 1 saturated carbocycles. The molecule has 2 rings (SSSR count). The second-order valence-corrected chi connectivity index (χ2v) is 6.41. The number of amides is 1. The Kier molecular flexibility index (Phi) is 5.22. The summed E-state index contributed by atoms with van der Waals surface area (Å²) < 4.78 is 5.76. The summed E-state index contributed by atoms with van der Waals surface area (Å²) in [5, 5.41) is 3.14. The number of nitrogens with one attached hydrogen (secondary N) is 1. The molecule has 110 valence electrons. The van der Waals surface area contributed by atoms with Crippen LogP contribution in [0.4, 0.5) is 0 Å². The van der Waals surface area contributed by atoms with Crippen LogP contribution in [0.1, 0.15) is 39.5 Å². The van der Waals surface area contributed by atoms with Gasteiger partial charge in [-0.25, -0.2) is 0 Å². The highest BCUT2D eigenvalue weighted by Gasteiger charge is 2.34. The molecule has 4 heteroatoms. The van der Waals surface area contributed by atoms with Crippen LogP contribution in [-0.4, -0.2) is 31.7 Å². The molecular weight excluding hydrogens is 240 g/mol. The molecule has 0 aromatic rings. The second kappa shape index (κ2) is 6.71. The molecule has 2 unspecified atom stereocenters. The van der Waals surface area contributed by atoms with Crippen molar-refractivity contribution in [1.29, 1.82) is 0 Å². The summed E-state index contributed by atoms with van der Waals surface area (Å²) in [6.07, 6.45) is 4.61. The average molecular weight is 268 g/mol. The first-order valence-electron chi connectivity index (χ1n) is 7.72. The van der Waals surface area contributed by atoms with E-state index in [2.05, 4.69) is 19.2 Å². The van der Waals surface area contributed by atoms with Crippen LogP contribution in [0, 0.1) is 23.7 Å². The van der Waals surface area contributed by atoms with E-state index in [1.54, 1.807) is 0 Å². The molecule has 0 radical (unpaired) electrons. The lowest BCUT2D eigenvalue weighted by Gasteiger charge is -2.24. The molecule has 19 heavy (non-hydrogen) atoms. The van der Waals surface area contributed by atoms with Crippen molar-refractivity contribution in [3.8, 4) is 0 Å². The van der Waals surface area contributed by atoms with Gasteiger partial charge in [0.05, 0.1) is 6.10 Å². The fraction of sp³-hybridized carbons (Fsp3) is 0.933. The van der Waals surface area contributed by atoms with Gasteiger partial charge in [-0.05, 0) is 37.6 Å². The zero-order valence-corrected chi connectivity index (χ0v) is 12.2. The Morgan fingerprint density at radius 1 is 1.32 bits per heavy atom. The Labute approximate surface area is 116 Å². The molecule has 4 nitrogen and oxygen atoms in total. The summed E-state index contributed by atoms with van der Waals surface area (Å²) in [7, 11) is 0. The smallest absolute Gasteiger partial charge is 0.223 e. The highest BCUT2D eigenvalue weighted by Crippen LogP contribution is 2.31. The highest BCUT2D eigenvalue weighted by atomic mass is 16.5. The van der Waals surface area contributed by atoms with Crippen molar-refractivity contribution in [2.75, 3.05) is 19.7 Å². The first-order valence-corrected chi connectivity index (χ1v) is 7.72. The maximum atomic E-state index is 12.2. The van der Waals surface area contributed by atoms with E-state index in [0.29, 0.717) is 30.4 Å². The lowest BCUT2D eigenvalue weighted by atomic mass is 9.92. The van der Waals surface area contributed by atoms with Crippen molar-refractivity contribution in [2.24, 2.45) is 29.4 Å². The minimum absolute atomic E-state index is 0.143. The van der Waals surface area contributed by atoms with Crippen LogP contribution in [0.15, 0.2) is 0 Å². The zero-order chi connectivity index (χ0) is 13.8. The molecular formula is C15H28N2O2. The SMILES string of the molecule is CC(C)C1OCCC1CNC(=O)[C@@H]1CCC[C@@H]1CN. The van der Waals surface area contributed by atoms with Crippen molar-refractivity contribution in [3.05, 3.63) is 0 Å². The number of ether oxygens (including phenoxy) is 1. The number of hydrogen-bond acceptors (Lipinski definition) is 3. The van der Waals surface area contributed by atoms with E-state index in [1.165, 1.54) is 0 Å². The molecule has 1 saturated heterocycles. The largest absolute Gasteiger partial charge is 0.378 e.